The summed E-state index contributed by atoms with van der Waals surface area (Å²) in [7, 11) is 0. The second-order valence-corrected chi connectivity index (χ2v) is 5.37. The van der Waals surface area contributed by atoms with Gasteiger partial charge in [-0.25, -0.2) is 4.79 Å². The van der Waals surface area contributed by atoms with Gasteiger partial charge in [0.05, 0.1) is 0 Å². The summed E-state index contributed by atoms with van der Waals surface area (Å²) in [6.45, 7) is 6.20. The van der Waals surface area contributed by atoms with Crippen LogP contribution in [0.5, 0.6) is 0 Å². The molecule has 4 nitrogen and oxygen atoms in total. The molecule has 1 atom stereocenters. The molecule has 2 N–H and O–H groups in total. The van der Waals surface area contributed by atoms with Gasteiger partial charge in [0.2, 0.25) is 0 Å². The lowest BCUT2D eigenvalue weighted by Crippen LogP contribution is -2.49. The van der Waals surface area contributed by atoms with Gasteiger partial charge in [-0.05, 0) is 58.0 Å². The number of likely N-dealkylation sites (tertiary alicyclic amines) is 1. The number of piperidine rings is 2. The zero-order valence-electron chi connectivity index (χ0n) is 10.9. The number of amides is 2. The summed E-state index contributed by atoms with van der Waals surface area (Å²) >= 11 is 0. The molecule has 2 aliphatic rings. The van der Waals surface area contributed by atoms with Crippen LogP contribution in [-0.2, 0) is 0 Å². The SMILES string of the molecule is CC(NC(=O)N1CCCCC1)C1CCNCC1. The molecule has 2 heterocycles. The summed E-state index contributed by atoms with van der Waals surface area (Å²) in [4.78, 5) is 14.0. The minimum absolute atomic E-state index is 0.149. The molecule has 0 saturated carbocycles. The fraction of sp³-hybridized carbons (Fsp3) is 0.923. The normalized spacial score (nSPS) is 24.4. The summed E-state index contributed by atoms with van der Waals surface area (Å²) in [6, 6.07) is 0.460. The lowest BCUT2D eigenvalue weighted by atomic mass is 9.91. The topological polar surface area (TPSA) is 44.4 Å². The van der Waals surface area contributed by atoms with Crippen molar-refractivity contribution in [3.63, 3.8) is 0 Å². The number of urea groups is 1. The van der Waals surface area contributed by atoms with Crippen molar-refractivity contribution in [3.8, 4) is 0 Å². The Labute approximate surface area is 104 Å². The Morgan fingerprint density at radius 1 is 1.24 bits per heavy atom. The minimum atomic E-state index is 0.149. The molecular weight excluding hydrogens is 214 g/mol. The van der Waals surface area contributed by atoms with E-state index >= 15 is 0 Å². The Kier molecular flexibility index (Phi) is 4.66. The van der Waals surface area contributed by atoms with Gasteiger partial charge >= 0.3 is 6.03 Å². The molecule has 0 bridgehead atoms. The Hall–Kier alpha value is -0.770. The van der Waals surface area contributed by atoms with Crippen LogP contribution in [0, 0.1) is 5.92 Å². The molecule has 4 heteroatoms. The first-order chi connectivity index (χ1) is 8.27. The highest BCUT2D eigenvalue weighted by molar-refractivity contribution is 5.74. The van der Waals surface area contributed by atoms with E-state index in [0.29, 0.717) is 12.0 Å². The van der Waals surface area contributed by atoms with Gasteiger partial charge in [-0.1, -0.05) is 0 Å². The highest BCUT2D eigenvalue weighted by atomic mass is 16.2. The first kappa shape index (κ1) is 12.7. The van der Waals surface area contributed by atoms with E-state index in [1.54, 1.807) is 0 Å². The van der Waals surface area contributed by atoms with Crippen molar-refractivity contribution in [3.05, 3.63) is 0 Å². The van der Waals surface area contributed by atoms with E-state index in [2.05, 4.69) is 17.6 Å². The van der Waals surface area contributed by atoms with Gasteiger partial charge < -0.3 is 15.5 Å². The molecule has 17 heavy (non-hydrogen) atoms. The maximum absolute atomic E-state index is 12.1. The van der Waals surface area contributed by atoms with E-state index in [4.69, 9.17) is 0 Å². The maximum Gasteiger partial charge on any atom is 0.317 e. The van der Waals surface area contributed by atoms with Gasteiger partial charge in [0.1, 0.15) is 0 Å². The van der Waals surface area contributed by atoms with Crippen molar-refractivity contribution >= 4 is 6.03 Å². The van der Waals surface area contributed by atoms with E-state index in [-0.39, 0.29) is 6.03 Å². The Bertz CT molecular complexity index is 245. The van der Waals surface area contributed by atoms with Gasteiger partial charge in [-0.15, -0.1) is 0 Å². The van der Waals surface area contributed by atoms with Gasteiger partial charge in [-0.3, -0.25) is 0 Å². The fourth-order valence-electron chi connectivity index (χ4n) is 2.85. The molecule has 2 fully saturated rings. The number of nitrogens with zero attached hydrogens (tertiary/aromatic N) is 1. The molecule has 0 aromatic heterocycles. The first-order valence-electron chi connectivity index (χ1n) is 7.03. The average molecular weight is 239 g/mol. The molecule has 2 rings (SSSR count). The van der Waals surface area contributed by atoms with E-state index in [1.165, 1.54) is 19.3 Å². The molecule has 2 aliphatic heterocycles. The van der Waals surface area contributed by atoms with Crippen molar-refractivity contribution < 1.29 is 4.79 Å². The third-order valence-corrected chi connectivity index (χ3v) is 4.09. The number of hydrogen-bond donors (Lipinski definition) is 2. The molecule has 0 aromatic rings. The highest BCUT2D eigenvalue weighted by Crippen LogP contribution is 2.16. The fourth-order valence-corrected chi connectivity index (χ4v) is 2.85. The predicted molar refractivity (Wildman–Crippen MR) is 69.0 cm³/mol. The molecule has 0 spiro atoms. The lowest BCUT2D eigenvalue weighted by molar-refractivity contribution is 0.176. The zero-order valence-corrected chi connectivity index (χ0v) is 10.9. The second kappa shape index (κ2) is 6.24. The molecule has 98 valence electrons. The molecule has 0 aliphatic carbocycles. The van der Waals surface area contributed by atoms with Crippen LogP contribution >= 0.6 is 0 Å². The van der Waals surface area contributed by atoms with Crippen LogP contribution in [-0.4, -0.2) is 43.2 Å². The van der Waals surface area contributed by atoms with E-state index in [1.807, 2.05) is 4.90 Å². The molecule has 2 saturated heterocycles. The first-order valence-corrected chi connectivity index (χ1v) is 7.03. The van der Waals surface area contributed by atoms with E-state index in [9.17, 15) is 4.79 Å². The van der Waals surface area contributed by atoms with Crippen LogP contribution in [0.15, 0.2) is 0 Å². The zero-order chi connectivity index (χ0) is 12.1. The van der Waals surface area contributed by atoms with Crippen LogP contribution in [0.3, 0.4) is 0 Å². The van der Waals surface area contributed by atoms with Gasteiger partial charge in [0.25, 0.3) is 0 Å². The highest BCUT2D eigenvalue weighted by Gasteiger charge is 2.23. The summed E-state index contributed by atoms with van der Waals surface area (Å²) in [5.41, 5.74) is 0. The minimum Gasteiger partial charge on any atom is -0.335 e. The standard InChI is InChI=1S/C13H25N3O/c1-11(12-5-7-14-8-6-12)15-13(17)16-9-3-2-4-10-16/h11-12,14H,2-10H2,1H3,(H,15,17). The van der Waals surface area contributed by atoms with Gasteiger partial charge in [0.15, 0.2) is 0 Å². The van der Waals surface area contributed by atoms with Crippen LogP contribution in [0.25, 0.3) is 0 Å². The van der Waals surface area contributed by atoms with Gasteiger partial charge in [-0.2, -0.15) is 0 Å². The number of carbonyl (C=O) groups is 1. The summed E-state index contributed by atoms with van der Waals surface area (Å²) in [5.74, 6) is 0.644. The Morgan fingerprint density at radius 2 is 1.88 bits per heavy atom. The molecule has 2 amide bonds. The molecule has 0 radical (unpaired) electrons. The number of hydrogen-bond acceptors (Lipinski definition) is 2. The maximum atomic E-state index is 12.1. The van der Waals surface area contributed by atoms with Crippen molar-refractivity contribution in [1.29, 1.82) is 0 Å². The monoisotopic (exact) mass is 239 g/mol. The van der Waals surface area contributed by atoms with E-state index in [0.717, 1.165) is 39.0 Å². The van der Waals surface area contributed by atoms with Crippen molar-refractivity contribution in [2.24, 2.45) is 5.92 Å². The predicted octanol–water partition coefficient (Wildman–Crippen LogP) is 1.57. The Morgan fingerprint density at radius 3 is 2.53 bits per heavy atom. The Balaban J connectivity index is 1.76. The van der Waals surface area contributed by atoms with Crippen molar-refractivity contribution in [1.82, 2.24) is 15.5 Å². The molecule has 0 aromatic carbocycles. The quantitative estimate of drug-likeness (QED) is 0.768. The largest absolute Gasteiger partial charge is 0.335 e. The lowest BCUT2D eigenvalue weighted by Gasteiger charge is -2.32. The average Bonchev–Trinajstić information content (AvgIpc) is 2.40. The van der Waals surface area contributed by atoms with Crippen molar-refractivity contribution in [2.45, 2.75) is 45.1 Å². The third-order valence-electron chi connectivity index (χ3n) is 4.09. The van der Waals surface area contributed by atoms with Crippen molar-refractivity contribution in [2.75, 3.05) is 26.2 Å². The summed E-state index contributed by atoms with van der Waals surface area (Å²) < 4.78 is 0. The number of nitrogens with one attached hydrogen (secondary N) is 2. The molecule has 1 unspecified atom stereocenters. The number of rotatable bonds is 2. The number of carbonyl (C=O) groups excluding carboxylic acids is 1. The summed E-state index contributed by atoms with van der Waals surface area (Å²) in [6.07, 6.45) is 5.96. The van der Waals surface area contributed by atoms with Crippen LogP contribution in [0.4, 0.5) is 4.79 Å². The second-order valence-electron chi connectivity index (χ2n) is 5.37. The van der Waals surface area contributed by atoms with Gasteiger partial charge in [0, 0.05) is 19.1 Å². The smallest absolute Gasteiger partial charge is 0.317 e. The van der Waals surface area contributed by atoms with Crippen LogP contribution in [0.1, 0.15) is 39.0 Å². The van der Waals surface area contributed by atoms with Crippen LogP contribution < -0.4 is 10.6 Å². The van der Waals surface area contributed by atoms with Crippen LogP contribution in [0.2, 0.25) is 0 Å². The van der Waals surface area contributed by atoms with E-state index < -0.39 is 0 Å². The third kappa shape index (κ3) is 3.60. The molecular formula is C13H25N3O. The summed E-state index contributed by atoms with van der Waals surface area (Å²) in [5, 5.41) is 6.54.